The van der Waals surface area contributed by atoms with Gasteiger partial charge in [0.1, 0.15) is 0 Å². The summed E-state index contributed by atoms with van der Waals surface area (Å²) in [5.41, 5.74) is 1.74. The number of carbonyl (C=O) groups is 2. The number of hydrogen-bond acceptors (Lipinski definition) is 5. The lowest BCUT2D eigenvalue weighted by atomic mass is 10.2. The molecule has 3 aromatic rings. The number of halogens is 1. The largest absolute Gasteiger partial charge is 0.462 e. The van der Waals surface area contributed by atoms with Crippen molar-refractivity contribution in [2.75, 3.05) is 20.3 Å². The van der Waals surface area contributed by atoms with Gasteiger partial charge in [-0.15, -0.1) is 0 Å². The third kappa shape index (κ3) is 4.49. The first-order valence-electron chi connectivity index (χ1n) is 8.67. The lowest BCUT2D eigenvalue weighted by molar-refractivity contribution is 0.0526. The van der Waals surface area contributed by atoms with Gasteiger partial charge < -0.3 is 14.0 Å². The molecule has 1 aromatic heterocycles. The summed E-state index contributed by atoms with van der Waals surface area (Å²) in [6, 6.07) is 12.0. The SMILES string of the molecule is CCOC(=O)c1ccc2c(c1)sc(=NC(=O)c1cccc(Cl)c1)n2CCOC. The summed E-state index contributed by atoms with van der Waals surface area (Å²) in [7, 11) is 1.61. The van der Waals surface area contributed by atoms with Gasteiger partial charge in [0.2, 0.25) is 0 Å². The first kappa shape index (κ1) is 20.3. The molecule has 6 nitrogen and oxygen atoms in total. The van der Waals surface area contributed by atoms with Crippen molar-refractivity contribution in [2.45, 2.75) is 13.5 Å². The molecule has 0 atom stereocenters. The minimum Gasteiger partial charge on any atom is -0.462 e. The number of ether oxygens (including phenoxy) is 2. The smallest absolute Gasteiger partial charge is 0.338 e. The normalized spacial score (nSPS) is 11.8. The van der Waals surface area contributed by atoms with Crippen LogP contribution in [-0.2, 0) is 16.0 Å². The lowest BCUT2D eigenvalue weighted by Gasteiger charge is -2.05. The molecule has 0 radical (unpaired) electrons. The van der Waals surface area contributed by atoms with Crippen LogP contribution in [0.4, 0.5) is 0 Å². The van der Waals surface area contributed by atoms with Crippen molar-refractivity contribution in [3.63, 3.8) is 0 Å². The summed E-state index contributed by atoms with van der Waals surface area (Å²) in [6.07, 6.45) is 0. The zero-order valence-electron chi connectivity index (χ0n) is 15.5. The van der Waals surface area contributed by atoms with E-state index < -0.39 is 0 Å². The van der Waals surface area contributed by atoms with E-state index in [-0.39, 0.29) is 11.9 Å². The number of carbonyl (C=O) groups excluding carboxylic acids is 2. The molecule has 0 spiro atoms. The highest BCUT2D eigenvalue weighted by molar-refractivity contribution is 7.16. The van der Waals surface area contributed by atoms with Crippen LogP contribution in [0.1, 0.15) is 27.6 Å². The molecule has 0 aliphatic carbocycles. The summed E-state index contributed by atoms with van der Waals surface area (Å²) in [6.45, 7) is 3.06. The first-order chi connectivity index (χ1) is 13.5. The van der Waals surface area contributed by atoms with Crippen LogP contribution < -0.4 is 4.80 Å². The molecule has 0 N–H and O–H groups in total. The van der Waals surface area contributed by atoms with Crippen molar-refractivity contribution >= 4 is 45.0 Å². The van der Waals surface area contributed by atoms with Crippen LogP contribution in [0.25, 0.3) is 10.2 Å². The second-order valence-corrected chi connectivity index (χ2v) is 7.30. The molecule has 1 heterocycles. The van der Waals surface area contributed by atoms with Crippen LogP contribution in [-0.4, -0.2) is 36.8 Å². The van der Waals surface area contributed by atoms with Crippen LogP contribution in [0, 0.1) is 0 Å². The van der Waals surface area contributed by atoms with E-state index in [1.165, 1.54) is 11.3 Å². The quantitative estimate of drug-likeness (QED) is 0.569. The Hall–Kier alpha value is -2.48. The highest BCUT2D eigenvalue weighted by Crippen LogP contribution is 2.20. The Bertz CT molecular complexity index is 1090. The van der Waals surface area contributed by atoms with E-state index >= 15 is 0 Å². The molecule has 0 aliphatic heterocycles. The molecule has 0 saturated carbocycles. The predicted octanol–water partition coefficient (Wildman–Crippen LogP) is 3.92. The molecular weight excluding hydrogens is 400 g/mol. The maximum absolute atomic E-state index is 12.6. The number of fused-ring (bicyclic) bond motifs is 1. The highest BCUT2D eigenvalue weighted by atomic mass is 35.5. The van der Waals surface area contributed by atoms with Gasteiger partial charge in [0.15, 0.2) is 4.80 Å². The molecule has 8 heteroatoms. The van der Waals surface area contributed by atoms with E-state index in [1.54, 1.807) is 50.4 Å². The van der Waals surface area contributed by atoms with Gasteiger partial charge in [-0.3, -0.25) is 4.79 Å². The van der Waals surface area contributed by atoms with E-state index in [2.05, 4.69) is 4.99 Å². The Morgan fingerprint density at radius 3 is 2.71 bits per heavy atom. The number of benzene rings is 2. The van der Waals surface area contributed by atoms with Crippen LogP contribution in [0.3, 0.4) is 0 Å². The number of amides is 1. The van der Waals surface area contributed by atoms with Crippen molar-refractivity contribution in [3.8, 4) is 0 Å². The Kier molecular flexibility index (Phi) is 6.61. The molecule has 28 heavy (non-hydrogen) atoms. The average molecular weight is 419 g/mol. The maximum atomic E-state index is 12.6. The zero-order valence-corrected chi connectivity index (χ0v) is 17.0. The summed E-state index contributed by atoms with van der Waals surface area (Å²) in [5.74, 6) is -0.763. The number of esters is 1. The van der Waals surface area contributed by atoms with Gasteiger partial charge in [0.05, 0.1) is 29.0 Å². The minimum atomic E-state index is -0.383. The molecule has 3 rings (SSSR count). The number of methoxy groups -OCH3 is 1. The number of nitrogens with zero attached hydrogens (tertiary/aromatic N) is 2. The Labute approximate surface area is 171 Å². The fraction of sp³-hybridized carbons (Fsp3) is 0.250. The van der Waals surface area contributed by atoms with Crippen LogP contribution in [0.5, 0.6) is 0 Å². The van der Waals surface area contributed by atoms with E-state index in [9.17, 15) is 9.59 Å². The summed E-state index contributed by atoms with van der Waals surface area (Å²) in [5, 5.41) is 0.476. The predicted molar refractivity (Wildman–Crippen MR) is 109 cm³/mol. The fourth-order valence-electron chi connectivity index (χ4n) is 2.67. The van der Waals surface area contributed by atoms with Crippen LogP contribution in [0.2, 0.25) is 5.02 Å². The van der Waals surface area contributed by atoms with Gasteiger partial charge in [0.25, 0.3) is 5.91 Å². The van der Waals surface area contributed by atoms with Gasteiger partial charge >= 0.3 is 5.97 Å². The molecule has 0 bridgehead atoms. The summed E-state index contributed by atoms with van der Waals surface area (Å²) in [4.78, 5) is 29.4. The van der Waals surface area contributed by atoms with Gasteiger partial charge in [-0.2, -0.15) is 4.99 Å². The van der Waals surface area contributed by atoms with Gasteiger partial charge in [-0.25, -0.2) is 4.79 Å². The minimum absolute atomic E-state index is 0.309. The molecule has 1 amide bonds. The number of rotatable bonds is 6. The van der Waals surface area contributed by atoms with Crippen molar-refractivity contribution < 1.29 is 19.1 Å². The highest BCUT2D eigenvalue weighted by Gasteiger charge is 2.13. The molecule has 2 aromatic carbocycles. The lowest BCUT2D eigenvalue weighted by Crippen LogP contribution is -2.19. The van der Waals surface area contributed by atoms with Crippen molar-refractivity contribution in [1.82, 2.24) is 4.57 Å². The number of aromatic nitrogens is 1. The molecule has 0 unspecified atom stereocenters. The van der Waals surface area contributed by atoms with Crippen LogP contribution >= 0.6 is 22.9 Å². The first-order valence-corrected chi connectivity index (χ1v) is 9.87. The standard InChI is InChI=1S/C20H19ClN2O4S/c1-3-27-19(25)14-7-8-16-17(12-14)28-20(23(16)9-10-26-2)22-18(24)13-5-4-6-15(21)11-13/h4-8,11-12H,3,9-10H2,1-2H3. The second kappa shape index (κ2) is 9.14. The molecule has 0 aliphatic rings. The van der Waals surface area contributed by atoms with E-state index in [0.29, 0.717) is 40.7 Å². The van der Waals surface area contributed by atoms with E-state index in [4.69, 9.17) is 21.1 Å². The van der Waals surface area contributed by atoms with Gasteiger partial charge in [-0.05, 0) is 43.3 Å². The van der Waals surface area contributed by atoms with Crippen LogP contribution in [0.15, 0.2) is 47.5 Å². The number of hydrogen-bond donors (Lipinski definition) is 0. The third-order valence-corrected chi connectivity index (χ3v) is 5.26. The average Bonchev–Trinajstić information content (AvgIpc) is 3.02. The maximum Gasteiger partial charge on any atom is 0.338 e. The Balaban J connectivity index is 2.08. The number of thiazole rings is 1. The molecule has 146 valence electrons. The van der Waals surface area contributed by atoms with E-state index in [0.717, 1.165) is 10.2 Å². The molecule has 0 fully saturated rings. The Morgan fingerprint density at radius 1 is 1.18 bits per heavy atom. The monoisotopic (exact) mass is 418 g/mol. The van der Waals surface area contributed by atoms with E-state index in [1.807, 2.05) is 10.6 Å². The second-order valence-electron chi connectivity index (χ2n) is 5.86. The van der Waals surface area contributed by atoms with Crippen molar-refractivity contribution in [3.05, 3.63) is 63.4 Å². The third-order valence-electron chi connectivity index (χ3n) is 3.98. The topological polar surface area (TPSA) is 69.9 Å². The zero-order chi connectivity index (χ0) is 20.1. The van der Waals surface area contributed by atoms with Crippen molar-refractivity contribution in [1.29, 1.82) is 0 Å². The fourth-order valence-corrected chi connectivity index (χ4v) is 3.96. The summed E-state index contributed by atoms with van der Waals surface area (Å²) >= 11 is 7.30. The van der Waals surface area contributed by atoms with Crippen molar-refractivity contribution in [2.24, 2.45) is 4.99 Å². The molecule has 0 saturated heterocycles. The molecular formula is C20H19ClN2O4S. The Morgan fingerprint density at radius 2 is 2.00 bits per heavy atom. The van der Waals surface area contributed by atoms with Gasteiger partial charge in [-0.1, -0.05) is 29.0 Å². The summed E-state index contributed by atoms with van der Waals surface area (Å²) < 4.78 is 13.0. The van der Waals surface area contributed by atoms with Gasteiger partial charge in [0, 0.05) is 24.2 Å².